The lowest BCUT2D eigenvalue weighted by Crippen LogP contribution is -2.31. The number of nitro benzene ring substituents is 1. The lowest BCUT2D eigenvalue weighted by atomic mass is 10.0. The van der Waals surface area contributed by atoms with Crippen LogP contribution in [0.5, 0.6) is 0 Å². The van der Waals surface area contributed by atoms with E-state index < -0.39 is 23.7 Å². The molecule has 156 valence electrons. The molecule has 4 rings (SSSR count). The predicted molar refractivity (Wildman–Crippen MR) is 115 cm³/mol. The molecule has 2 aromatic carbocycles. The Balaban J connectivity index is 1.69. The number of aliphatic hydroxyl groups excluding tert-OH is 2. The zero-order chi connectivity index (χ0) is 21.8. The molecule has 3 N–H and O–H groups in total. The maximum absolute atomic E-state index is 10.9. The van der Waals surface area contributed by atoms with E-state index in [1.165, 1.54) is 24.3 Å². The van der Waals surface area contributed by atoms with Crippen LogP contribution in [-0.2, 0) is 0 Å². The van der Waals surface area contributed by atoms with Crippen molar-refractivity contribution in [3.05, 3.63) is 88.7 Å². The zero-order valence-corrected chi connectivity index (χ0v) is 16.3. The van der Waals surface area contributed by atoms with Crippen LogP contribution in [0.1, 0.15) is 11.7 Å². The third kappa shape index (κ3) is 4.32. The standard InChI is InChI=1S/C22H19N5O4/c28-13-19(20(29)14-7-9-16(10-8-14)27(30)31)25-22-17-5-1-2-6-18(17)24-21(26-22)15-4-3-11-23-12-15/h1-12,19-20,28-29H,13H2,(H,24,25,26)/t19-,20+/m0/s1. The van der Waals surface area contributed by atoms with Crippen molar-refractivity contribution < 1.29 is 15.1 Å². The maximum Gasteiger partial charge on any atom is 0.269 e. The highest BCUT2D eigenvalue weighted by molar-refractivity contribution is 5.90. The molecule has 0 aliphatic carbocycles. The van der Waals surface area contributed by atoms with Gasteiger partial charge in [0, 0.05) is 35.5 Å². The number of hydrogen-bond donors (Lipinski definition) is 3. The quantitative estimate of drug-likeness (QED) is 0.308. The van der Waals surface area contributed by atoms with Gasteiger partial charge in [-0.3, -0.25) is 15.1 Å². The number of anilines is 1. The predicted octanol–water partition coefficient (Wildman–Crippen LogP) is 3.11. The van der Waals surface area contributed by atoms with Crippen molar-refractivity contribution >= 4 is 22.4 Å². The van der Waals surface area contributed by atoms with Crippen LogP contribution >= 0.6 is 0 Å². The third-order valence-corrected chi connectivity index (χ3v) is 4.87. The highest BCUT2D eigenvalue weighted by Gasteiger charge is 2.23. The fourth-order valence-electron chi connectivity index (χ4n) is 3.24. The van der Waals surface area contributed by atoms with Crippen LogP contribution < -0.4 is 5.32 Å². The molecule has 0 spiro atoms. The van der Waals surface area contributed by atoms with E-state index in [4.69, 9.17) is 0 Å². The number of fused-ring (bicyclic) bond motifs is 1. The molecule has 0 amide bonds. The van der Waals surface area contributed by atoms with Crippen molar-refractivity contribution in [2.45, 2.75) is 12.1 Å². The first-order valence-electron chi connectivity index (χ1n) is 9.54. The number of nitrogens with one attached hydrogen (secondary N) is 1. The minimum atomic E-state index is -1.12. The van der Waals surface area contributed by atoms with Crippen LogP contribution in [0.15, 0.2) is 73.1 Å². The second-order valence-corrected chi connectivity index (χ2v) is 6.88. The summed E-state index contributed by atoms with van der Waals surface area (Å²) in [7, 11) is 0. The lowest BCUT2D eigenvalue weighted by Gasteiger charge is -2.24. The summed E-state index contributed by atoms with van der Waals surface area (Å²) in [4.78, 5) is 23.6. The molecular formula is C22H19N5O4. The first-order valence-corrected chi connectivity index (χ1v) is 9.54. The Labute approximate surface area is 177 Å². The molecule has 0 saturated heterocycles. The van der Waals surface area contributed by atoms with Gasteiger partial charge in [0.25, 0.3) is 5.69 Å². The minimum absolute atomic E-state index is 0.0765. The molecule has 0 fully saturated rings. The van der Waals surface area contributed by atoms with Crippen molar-refractivity contribution in [1.82, 2.24) is 15.0 Å². The van der Waals surface area contributed by atoms with E-state index in [0.29, 0.717) is 22.7 Å². The van der Waals surface area contributed by atoms with Crippen LogP contribution in [0, 0.1) is 10.1 Å². The molecule has 2 heterocycles. The number of aliphatic hydroxyl groups is 2. The summed E-state index contributed by atoms with van der Waals surface area (Å²) in [6.07, 6.45) is 2.19. The molecule has 9 heteroatoms. The van der Waals surface area contributed by atoms with E-state index in [1.54, 1.807) is 18.5 Å². The van der Waals surface area contributed by atoms with E-state index in [1.807, 2.05) is 30.3 Å². The Hall–Kier alpha value is -3.95. The number of hydrogen-bond acceptors (Lipinski definition) is 8. The Bertz CT molecular complexity index is 1200. The Morgan fingerprint density at radius 2 is 1.81 bits per heavy atom. The van der Waals surface area contributed by atoms with Gasteiger partial charge in [-0.15, -0.1) is 0 Å². The highest BCUT2D eigenvalue weighted by Crippen LogP contribution is 2.28. The number of para-hydroxylation sites is 1. The topological polar surface area (TPSA) is 134 Å². The molecule has 9 nitrogen and oxygen atoms in total. The van der Waals surface area contributed by atoms with E-state index in [-0.39, 0.29) is 5.69 Å². The Kier molecular flexibility index (Phi) is 5.78. The lowest BCUT2D eigenvalue weighted by molar-refractivity contribution is -0.384. The molecule has 0 unspecified atom stereocenters. The van der Waals surface area contributed by atoms with Gasteiger partial charge in [-0.2, -0.15) is 0 Å². The van der Waals surface area contributed by atoms with Crippen LogP contribution in [0.3, 0.4) is 0 Å². The molecule has 2 atom stereocenters. The molecule has 2 aromatic heterocycles. The van der Waals surface area contributed by atoms with Gasteiger partial charge in [-0.25, -0.2) is 9.97 Å². The van der Waals surface area contributed by atoms with Gasteiger partial charge in [0.05, 0.1) is 23.1 Å². The fraction of sp³-hybridized carbons (Fsp3) is 0.136. The second kappa shape index (κ2) is 8.82. The Morgan fingerprint density at radius 3 is 2.48 bits per heavy atom. The number of nitro groups is 1. The smallest absolute Gasteiger partial charge is 0.269 e. The van der Waals surface area contributed by atoms with Crippen molar-refractivity contribution in [1.29, 1.82) is 0 Å². The van der Waals surface area contributed by atoms with Gasteiger partial charge in [0.1, 0.15) is 11.9 Å². The number of aromatic nitrogens is 3. The summed E-state index contributed by atoms with van der Waals surface area (Å²) >= 11 is 0. The van der Waals surface area contributed by atoms with Gasteiger partial charge >= 0.3 is 0 Å². The van der Waals surface area contributed by atoms with E-state index in [2.05, 4.69) is 20.3 Å². The maximum atomic E-state index is 10.9. The monoisotopic (exact) mass is 417 g/mol. The largest absolute Gasteiger partial charge is 0.394 e. The molecule has 0 aliphatic heterocycles. The second-order valence-electron chi connectivity index (χ2n) is 6.88. The van der Waals surface area contributed by atoms with Crippen LogP contribution in [0.4, 0.5) is 11.5 Å². The molecule has 4 aromatic rings. The fourth-order valence-corrected chi connectivity index (χ4v) is 3.24. The summed E-state index contributed by atoms with van der Waals surface area (Å²) < 4.78 is 0. The number of pyridine rings is 1. The highest BCUT2D eigenvalue weighted by atomic mass is 16.6. The first-order chi connectivity index (χ1) is 15.1. The van der Waals surface area contributed by atoms with Gasteiger partial charge in [0.15, 0.2) is 5.82 Å². The molecule has 0 aliphatic rings. The van der Waals surface area contributed by atoms with E-state index in [9.17, 15) is 20.3 Å². The molecule has 0 saturated carbocycles. The number of benzene rings is 2. The summed E-state index contributed by atoms with van der Waals surface area (Å²) in [5, 5.41) is 35.4. The molecular weight excluding hydrogens is 398 g/mol. The number of rotatable bonds is 7. The third-order valence-electron chi connectivity index (χ3n) is 4.87. The van der Waals surface area contributed by atoms with Crippen LogP contribution in [0.2, 0.25) is 0 Å². The number of nitrogens with zero attached hydrogens (tertiary/aromatic N) is 4. The van der Waals surface area contributed by atoms with Crippen molar-refractivity contribution in [3.63, 3.8) is 0 Å². The van der Waals surface area contributed by atoms with Gasteiger partial charge in [-0.05, 0) is 42.0 Å². The SMILES string of the molecule is O=[N+]([O-])c1ccc([C@@H](O)[C@H](CO)Nc2nc(-c3cccnc3)nc3ccccc23)cc1. The number of non-ortho nitro benzene ring substituents is 1. The van der Waals surface area contributed by atoms with Gasteiger partial charge in [0.2, 0.25) is 0 Å². The van der Waals surface area contributed by atoms with Gasteiger partial charge < -0.3 is 15.5 Å². The zero-order valence-electron chi connectivity index (χ0n) is 16.3. The molecule has 0 radical (unpaired) electrons. The Morgan fingerprint density at radius 1 is 1.03 bits per heavy atom. The van der Waals surface area contributed by atoms with Crippen molar-refractivity contribution in [2.75, 3.05) is 11.9 Å². The minimum Gasteiger partial charge on any atom is -0.394 e. The summed E-state index contributed by atoms with van der Waals surface area (Å²) in [5.41, 5.74) is 1.78. The van der Waals surface area contributed by atoms with Crippen molar-refractivity contribution in [3.8, 4) is 11.4 Å². The van der Waals surface area contributed by atoms with E-state index in [0.717, 1.165) is 10.9 Å². The summed E-state index contributed by atoms with van der Waals surface area (Å²) in [6.45, 7) is -0.390. The van der Waals surface area contributed by atoms with Crippen molar-refractivity contribution in [2.24, 2.45) is 0 Å². The summed E-state index contributed by atoms with van der Waals surface area (Å²) in [5.74, 6) is 0.903. The average Bonchev–Trinajstić information content (AvgIpc) is 2.82. The molecule has 0 bridgehead atoms. The summed E-state index contributed by atoms with van der Waals surface area (Å²) in [6, 6.07) is 15.8. The first kappa shape index (κ1) is 20.3. The van der Waals surface area contributed by atoms with Crippen LogP contribution in [-0.4, -0.2) is 42.7 Å². The molecule has 31 heavy (non-hydrogen) atoms. The van der Waals surface area contributed by atoms with E-state index >= 15 is 0 Å². The normalized spacial score (nSPS) is 13.0. The average molecular weight is 417 g/mol. The van der Waals surface area contributed by atoms with Gasteiger partial charge in [-0.1, -0.05) is 12.1 Å². The van der Waals surface area contributed by atoms with Crippen LogP contribution in [0.25, 0.3) is 22.3 Å².